The van der Waals surface area contributed by atoms with E-state index in [4.69, 9.17) is 10.5 Å². The van der Waals surface area contributed by atoms with E-state index in [1.807, 2.05) is 49.3 Å². The second-order valence-electron chi connectivity index (χ2n) is 5.59. The van der Waals surface area contributed by atoms with Crippen molar-refractivity contribution in [1.82, 2.24) is 4.90 Å². The van der Waals surface area contributed by atoms with Crippen molar-refractivity contribution in [1.29, 1.82) is 0 Å². The van der Waals surface area contributed by atoms with E-state index in [2.05, 4.69) is 10.3 Å². The number of hydrogen-bond acceptors (Lipinski definition) is 3. The highest BCUT2D eigenvalue weighted by molar-refractivity contribution is 5.93. The lowest BCUT2D eigenvalue weighted by molar-refractivity contribution is 0.306. The van der Waals surface area contributed by atoms with Gasteiger partial charge in [0.05, 0.1) is 25.4 Å². The summed E-state index contributed by atoms with van der Waals surface area (Å²) in [6.45, 7) is 0.407. The molecule has 0 aliphatic carbocycles. The first-order valence-corrected chi connectivity index (χ1v) is 7.63. The summed E-state index contributed by atoms with van der Waals surface area (Å²) >= 11 is 0. The zero-order valence-electron chi connectivity index (χ0n) is 14.2. The van der Waals surface area contributed by atoms with E-state index in [1.165, 1.54) is 12.1 Å². The molecule has 0 saturated carbocycles. The maximum atomic E-state index is 13.5. The highest BCUT2D eigenvalue weighted by Gasteiger charge is 2.14. The number of methoxy groups -OCH3 is 1. The Morgan fingerprint density at radius 2 is 2.00 bits per heavy atom. The molecule has 0 aliphatic heterocycles. The molecule has 0 radical (unpaired) electrons. The van der Waals surface area contributed by atoms with Crippen LogP contribution < -0.4 is 15.8 Å². The minimum absolute atomic E-state index is 0.0706. The number of rotatable bonds is 6. The highest BCUT2D eigenvalue weighted by atomic mass is 19.1. The predicted molar refractivity (Wildman–Crippen MR) is 95.9 cm³/mol. The number of ether oxygens (including phenoxy) is 1. The minimum atomic E-state index is -0.261. The lowest BCUT2D eigenvalue weighted by Gasteiger charge is -2.23. The SMILES string of the molecule is COc1ccccc1NC(N)=NCC(c1cccc(F)c1)N(C)C. The third-order valence-corrected chi connectivity index (χ3v) is 3.66. The molecule has 2 aromatic rings. The molecule has 6 heteroatoms. The van der Waals surface area contributed by atoms with E-state index in [0.717, 1.165) is 11.3 Å². The largest absolute Gasteiger partial charge is 0.495 e. The zero-order valence-corrected chi connectivity index (χ0v) is 14.2. The topological polar surface area (TPSA) is 62.9 Å². The van der Waals surface area contributed by atoms with Gasteiger partial charge in [0, 0.05) is 0 Å². The maximum Gasteiger partial charge on any atom is 0.193 e. The Hall–Kier alpha value is -2.60. The van der Waals surface area contributed by atoms with Gasteiger partial charge < -0.3 is 20.7 Å². The normalized spacial score (nSPS) is 13.0. The molecule has 5 nitrogen and oxygen atoms in total. The van der Waals surface area contributed by atoms with E-state index >= 15 is 0 Å². The number of anilines is 1. The molecule has 2 aromatic carbocycles. The number of nitrogens with two attached hydrogens (primary N) is 1. The van der Waals surface area contributed by atoms with Crippen molar-refractivity contribution in [3.8, 4) is 5.75 Å². The van der Waals surface area contributed by atoms with E-state index < -0.39 is 0 Å². The number of likely N-dealkylation sites (N-methyl/N-ethyl adjacent to an activating group) is 1. The molecule has 0 aliphatic rings. The summed E-state index contributed by atoms with van der Waals surface area (Å²) in [5, 5.41) is 3.03. The van der Waals surface area contributed by atoms with Crippen LogP contribution in [-0.2, 0) is 0 Å². The van der Waals surface area contributed by atoms with Crippen molar-refractivity contribution in [2.45, 2.75) is 6.04 Å². The van der Waals surface area contributed by atoms with Gasteiger partial charge in [-0.25, -0.2) is 4.39 Å². The van der Waals surface area contributed by atoms with Gasteiger partial charge in [0.2, 0.25) is 0 Å². The Morgan fingerprint density at radius 1 is 1.25 bits per heavy atom. The van der Waals surface area contributed by atoms with Gasteiger partial charge in [0.15, 0.2) is 5.96 Å². The molecule has 1 atom stereocenters. The van der Waals surface area contributed by atoms with E-state index in [1.54, 1.807) is 13.2 Å². The third kappa shape index (κ3) is 4.70. The molecule has 0 fully saturated rings. The van der Waals surface area contributed by atoms with Crippen LogP contribution in [0.4, 0.5) is 10.1 Å². The molecule has 0 heterocycles. The Bertz CT molecular complexity index is 703. The van der Waals surface area contributed by atoms with Crippen LogP contribution in [0.1, 0.15) is 11.6 Å². The van der Waals surface area contributed by atoms with Gasteiger partial charge in [-0.1, -0.05) is 24.3 Å². The lowest BCUT2D eigenvalue weighted by Crippen LogP contribution is -2.27. The molecule has 1 unspecified atom stereocenters. The average Bonchev–Trinajstić information content (AvgIpc) is 2.55. The Kier molecular flexibility index (Phi) is 6.14. The van der Waals surface area contributed by atoms with Crippen molar-refractivity contribution in [2.24, 2.45) is 10.7 Å². The van der Waals surface area contributed by atoms with Crippen LogP contribution in [0.15, 0.2) is 53.5 Å². The summed E-state index contributed by atoms with van der Waals surface area (Å²) in [5.41, 5.74) is 7.58. The van der Waals surface area contributed by atoms with Crippen molar-refractivity contribution >= 4 is 11.6 Å². The smallest absolute Gasteiger partial charge is 0.193 e. The number of para-hydroxylation sites is 2. The van der Waals surface area contributed by atoms with Crippen LogP contribution in [0.25, 0.3) is 0 Å². The van der Waals surface area contributed by atoms with E-state index in [9.17, 15) is 4.39 Å². The molecule has 0 aromatic heterocycles. The van der Waals surface area contributed by atoms with Gasteiger partial charge in [0.1, 0.15) is 11.6 Å². The predicted octanol–water partition coefficient (Wildman–Crippen LogP) is 2.86. The van der Waals surface area contributed by atoms with Gasteiger partial charge in [-0.05, 0) is 43.9 Å². The van der Waals surface area contributed by atoms with Crippen LogP contribution in [0.3, 0.4) is 0 Å². The first-order valence-electron chi connectivity index (χ1n) is 7.63. The van der Waals surface area contributed by atoms with Crippen LogP contribution in [0.5, 0.6) is 5.75 Å². The first kappa shape index (κ1) is 17.7. The van der Waals surface area contributed by atoms with Gasteiger partial charge in [0.25, 0.3) is 0 Å². The Morgan fingerprint density at radius 3 is 2.67 bits per heavy atom. The lowest BCUT2D eigenvalue weighted by atomic mass is 10.1. The summed E-state index contributed by atoms with van der Waals surface area (Å²) in [7, 11) is 5.45. The number of halogens is 1. The molecule has 0 spiro atoms. The number of benzene rings is 2. The van der Waals surface area contributed by atoms with E-state index in [-0.39, 0.29) is 17.8 Å². The summed E-state index contributed by atoms with van der Waals surface area (Å²) in [5.74, 6) is 0.705. The Labute approximate surface area is 142 Å². The highest BCUT2D eigenvalue weighted by Crippen LogP contribution is 2.23. The quantitative estimate of drug-likeness (QED) is 0.631. The molecular formula is C18H23FN4O. The summed E-state index contributed by atoms with van der Waals surface area (Å²) < 4.78 is 18.7. The Balaban J connectivity index is 2.11. The van der Waals surface area contributed by atoms with Gasteiger partial charge in [-0.15, -0.1) is 0 Å². The fourth-order valence-electron chi connectivity index (χ4n) is 2.39. The number of guanidine groups is 1. The van der Waals surface area contributed by atoms with Gasteiger partial charge in [-0.2, -0.15) is 0 Å². The van der Waals surface area contributed by atoms with E-state index in [0.29, 0.717) is 12.3 Å². The van der Waals surface area contributed by atoms with Crippen LogP contribution in [0, 0.1) is 5.82 Å². The number of aliphatic imine (C=N–C) groups is 1. The van der Waals surface area contributed by atoms with Crippen molar-refractivity contribution in [2.75, 3.05) is 33.1 Å². The summed E-state index contributed by atoms with van der Waals surface area (Å²) in [6, 6.07) is 13.9. The average molecular weight is 330 g/mol. The third-order valence-electron chi connectivity index (χ3n) is 3.66. The minimum Gasteiger partial charge on any atom is -0.495 e. The fourth-order valence-corrected chi connectivity index (χ4v) is 2.39. The molecule has 3 N–H and O–H groups in total. The molecule has 0 saturated heterocycles. The molecule has 24 heavy (non-hydrogen) atoms. The standard InChI is InChI=1S/C18H23FN4O/c1-23(2)16(13-7-6-8-14(19)11-13)12-21-18(20)22-15-9-4-5-10-17(15)24-3/h4-11,16H,12H2,1-3H3,(H3,20,21,22). The molecule has 0 amide bonds. The summed E-state index contributed by atoms with van der Waals surface area (Å²) in [4.78, 5) is 6.37. The van der Waals surface area contributed by atoms with Gasteiger partial charge >= 0.3 is 0 Å². The molecular weight excluding hydrogens is 307 g/mol. The zero-order chi connectivity index (χ0) is 17.5. The fraction of sp³-hybridized carbons (Fsp3) is 0.278. The van der Waals surface area contributed by atoms with Gasteiger partial charge in [-0.3, -0.25) is 4.99 Å². The number of hydrogen-bond donors (Lipinski definition) is 2. The monoisotopic (exact) mass is 330 g/mol. The molecule has 2 rings (SSSR count). The maximum absolute atomic E-state index is 13.5. The van der Waals surface area contributed by atoms with Crippen molar-refractivity contribution < 1.29 is 9.13 Å². The first-order chi connectivity index (χ1) is 11.5. The van der Waals surface area contributed by atoms with Crippen LogP contribution in [0.2, 0.25) is 0 Å². The van der Waals surface area contributed by atoms with Crippen molar-refractivity contribution in [3.63, 3.8) is 0 Å². The molecule has 0 bridgehead atoms. The number of nitrogens with zero attached hydrogens (tertiary/aromatic N) is 2. The summed E-state index contributed by atoms with van der Waals surface area (Å²) in [6.07, 6.45) is 0. The molecule has 128 valence electrons. The van der Waals surface area contributed by atoms with Crippen molar-refractivity contribution in [3.05, 3.63) is 59.9 Å². The number of nitrogens with one attached hydrogen (secondary N) is 1. The second-order valence-corrected chi connectivity index (χ2v) is 5.59. The van der Waals surface area contributed by atoms with Crippen LogP contribution >= 0.6 is 0 Å². The second kappa shape index (κ2) is 8.31. The van der Waals surface area contributed by atoms with Crippen LogP contribution in [-0.4, -0.2) is 38.6 Å².